The standard InChI is InChI=1S/C23H31FN2O8S/c1-23(2,3)11-20(27)32-14-33-21(28)25-12-17-13-26(22(29)34-17)16-4-5-18(19(24)10-16)15-6-8-35(30,31)9-7-15/h4-5,10,15,17H,6-9,11-14H2,1-3H3,(H,25,28)/t17-/m0/s1. The van der Waals surface area contributed by atoms with Crippen molar-refractivity contribution in [1.29, 1.82) is 0 Å². The van der Waals surface area contributed by atoms with Crippen molar-refractivity contribution in [2.24, 2.45) is 5.41 Å². The minimum absolute atomic E-state index is 0.0355. The summed E-state index contributed by atoms with van der Waals surface area (Å²) in [5.41, 5.74) is 0.482. The first-order valence-corrected chi connectivity index (χ1v) is 13.2. The van der Waals surface area contributed by atoms with Crippen molar-refractivity contribution < 1.29 is 41.4 Å². The van der Waals surface area contributed by atoms with Crippen LogP contribution in [-0.4, -0.2) is 64.1 Å². The third kappa shape index (κ3) is 7.81. The Balaban J connectivity index is 1.46. The summed E-state index contributed by atoms with van der Waals surface area (Å²) in [5.74, 6) is -1.11. The second kappa shape index (κ2) is 10.8. The molecular formula is C23H31FN2O8S. The molecule has 1 aromatic carbocycles. The Morgan fingerprint density at radius 2 is 1.89 bits per heavy atom. The Bertz CT molecular complexity index is 1060. The Morgan fingerprint density at radius 3 is 2.51 bits per heavy atom. The van der Waals surface area contributed by atoms with Gasteiger partial charge in [-0.1, -0.05) is 26.8 Å². The molecule has 0 spiro atoms. The van der Waals surface area contributed by atoms with Gasteiger partial charge in [0.2, 0.25) is 6.79 Å². The molecule has 2 fully saturated rings. The summed E-state index contributed by atoms with van der Waals surface area (Å²) < 4.78 is 52.9. The van der Waals surface area contributed by atoms with Crippen LogP contribution < -0.4 is 10.2 Å². The van der Waals surface area contributed by atoms with Gasteiger partial charge in [0.1, 0.15) is 21.8 Å². The fraction of sp³-hybridized carbons (Fsp3) is 0.609. The number of benzene rings is 1. The van der Waals surface area contributed by atoms with Gasteiger partial charge < -0.3 is 19.5 Å². The molecule has 0 radical (unpaired) electrons. The predicted octanol–water partition coefficient (Wildman–Crippen LogP) is 3.11. The molecule has 0 bridgehead atoms. The Labute approximate surface area is 204 Å². The normalized spacial score (nSPS) is 20.3. The zero-order valence-corrected chi connectivity index (χ0v) is 20.9. The molecule has 12 heteroatoms. The van der Waals surface area contributed by atoms with Crippen LogP contribution >= 0.6 is 0 Å². The number of ether oxygens (including phenoxy) is 3. The highest BCUT2D eigenvalue weighted by molar-refractivity contribution is 7.91. The van der Waals surface area contributed by atoms with Crippen LogP contribution in [0.5, 0.6) is 0 Å². The maximum Gasteiger partial charge on any atom is 0.414 e. The second-order valence-electron chi connectivity index (χ2n) is 9.93. The molecule has 35 heavy (non-hydrogen) atoms. The molecule has 2 saturated heterocycles. The number of anilines is 1. The molecule has 194 valence electrons. The number of carbonyl (C=O) groups is 3. The molecule has 3 rings (SSSR count). The fourth-order valence-corrected chi connectivity index (χ4v) is 5.43. The van der Waals surface area contributed by atoms with Gasteiger partial charge in [-0.25, -0.2) is 22.4 Å². The van der Waals surface area contributed by atoms with Gasteiger partial charge in [-0.2, -0.15) is 0 Å². The Hall–Kier alpha value is -2.89. The minimum Gasteiger partial charge on any atom is -0.442 e. The Kier molecular flexibility index (Phi) is 8.24. The number of nitrogens with zero attached hydrogens (tertiary/aromatic N) is 1. The predicted molar refractivity (Wildman–Crippen MR) is 124 cm³/mol. The number of sulfone groups is 1. The maximum absolute atomic E-state index is 14.8. The number of rotatable bonds is 7. The van der Waals surface area contributed by atoms with E-state index in [0.717, 1.165) is 0 Å². The van der Waals surface area contributed by atoms with Crippen LogP contribution in [0, 0.1) is 11.2 Å². The average Bonchev–Trinajstić information content (AvgIpc) is 3.12. The van der Waals surface area contributed by atoms with Gasteiger partial charge in [0, 0.05) is 0 Å². The van der Waals surface area contributed by atoms with Crippen molar-refractivity contribution >= 4 is 33.7 Å². The quantitative estimate of drug-likeness (QED) is 0.434. The van der Waals surface area contributed by atoms with E-state index in [9.17, 15) is 27.2 Å². The SMILES string of the molecule is CC(C)(C)CC(=O)OCOC(=O)NC[C@H]1CN(c2ccc(C3CCS(=O)(=O)CC3)c(F)c2)C(=O)O1. The van der Waals surface area contributed by atoms with Crippen LogP contribution in [-0.2, 0) is 28.8 Å². The number of nitrogens with one attached hydrogen (secondary N) is 1. The number of esters is 1. The number of cyclic esters (lactones) is 1. The van der Waals surface area contributed by atoms with Gasteiger partial charge in [0.25, 0.3) is 0 Å². The van der Waals surface area contributed by atoms with Gasteiger partial charge in [-0.05, 0) is 41.9 Å². The highest BCUT2D eigenvalue weighted by Gasteiger charge is 2.34. The molecule has 2 aliphatic rings. The molecule has 1 aromatic rings. The monoisotopic (exact) mass is 514 g/mol. The lowest BCUT2D eigenvalue weighted by atomic mass is 9.93. The first-order chi connectivity index (χ1) is 16.3. The van der Waals surface area contributed by atoms with Crippen molar-refractivity contribution in [2.75, 3.05) is 36.3 Å². The van der Waals surface area contributed by atoms with E-state index in [4.69, 9.17) is 14.2 Å². The highest BCUT2D eigenvalue weighted by Crippen LogP contribution is 2.33. The van der Waals surface area contributed by atoms with Gasteiger partial charge in [-0.3, -0.25) is 9.69 Å². The molecule has 2 amide bonds. The van der Waals surface area contributed by atoms with E-state index >= 15 is 0 Å². The smallest absolute Gasteiger partial charge is 0.414 e. The van der Waals surface area contributed by atoms with Crippen LogP contribution in [0.25, 0.3) is 0 Å². The van der Waals surface area contributed by atoms with Gasteiger partial charge in [-0.15, -0.1) is 0 Å². The first kappa shape index (κ1) is 26.7. The van der Waals surface area contributed by atoms with Crippen molar-refractivity contribution in [3.05, 3.63) is 29.6 Å². The molecule has 0 aliphatic carbocycles. The number of hydrogen-bond donors (Lipinski definition) is 1. The summed E-state index contributed by atoms with van der Waals surface area (Å²) in [5, 5.41) is 2.43. The summed E-state index contributed by atoms with van der Waals surface area (Å²) in [7, 11) is -3.05. The van der Waals surface area contributed by atoms with Crippen LogP contribution in [0.15, 0.2) is 18.2 Å². The van der Waals surface area contributed by atoms with Crippen LogP contribution in [0.2, 0.25) is 0 Å². The number of hydrogen-bond acceptors (Lipinski definition) is 8. The molecule has 2 heterocycles. The topological polar surface area (TPSA) is 128 Å². The zero-order chi connectivity index (χ0) is 25.8. The molecule has 10 nitrogen and oxygen atoms in total. The van der Waals surface area contributed by atoms with Crippen molar-refractivity contribution in [1.82, 2.24) is 5.32 Å². The number of carbonyl (C=O) groups excluding carboxylic acids is 3. The lowest BCUT2D eigenvalue weighted by molar-refractivity contribution is -0.153. The van der Waals surface area contributed by atoms with E-state index in [1.54, 1.807) is 12.1 Å². The third-order valence-electron chi connectivity index (χ3n) is 5.72. The number of halogens is 1. The summed E-state index contributed by atoms with van der Waals surface area (Å²) in [4.78, 5) is 37.0. The fourth-order valence-electron chi connectivity index (χ4n) is 3.94. The van der Waals surface area contributed by atoms with Crippen LogP contribution in [0.1, 0.15) is 51.5 Å². The van der Waals surface area contributed by atoms with Gasteiger partial charge in [0.15, 0.2) is 0 Å². The van der Waals surface area contributed by atoms with E-state index in [2.05, 4.69) is 5.32 Å². The lowest BCUT2D eigenvalue weighted by Gasteiger charge is -2.23. The number of amides is 2. The molecule has 0 saturated carbocycles. The highest BCUT2D eigenvalue weighted by atomic mass is 32.2. The third-order valence-corrected chi connectivity index (χ3v) is 7.44. The van der Waals surface area contributed by atoms with E-state index in [-0.39, 0.29) is 42.3 Å². The van der Waals surface area contributed by atoms with E-state index in [1.165, 1.54) is 11.0 Å². The zero-order valence-electron chi connectivity index (χ0n) is 20.0. The number of alkyl carbamates (subject to hydrolysis) is 1. The van der Waals surface area contributed by atoms with E-state index in [1.807, 2.05) is 20.8 Å². The summed E-state index contributed by atoms with van der Waals surface area (Å²) >= 11 is 0. The lowest BCUT2D eigenvalue weighted by Crippen LogP contribution is -2.35. The first-order valence-electron chi connectivity index (χ1n) is 11.4. The van der Waals surface area contributed by atoms with Crippen LogP contribution in [0.4, 0.5) is 19.7 Å². The largest absolute Gasteiger partial charge is 0.442 e. The van der Waals surface area contributed by atoms with Crippen LogP contribution in [0.3, 0.4) is 0 Å². The summed E-state index contributed by atoms with van der Waals surface area (Å²) in [6.45, 7) is 5.14. The average molecular weight is 515 g/mol. The van der Waals surface area contributed by atoms with E-state index < -0.39 is 46.7 Å². The molecular weight excluding hydrogens is 483 g/mol. The molecule has 0 aromatic heterocycles. The molecule has 1 N–H and O–H groups in total. The molecule has 2 aliphatic heterocycles. The van der Waals surface area contributed by atoms with Crippen molar-refractivity contribution in [2.45, 2.75) is 52.1 Å². The van der Waals surface area contributed by atoms with Crippen molar-refractivity contribution in [3.63, 3.8) is 0 Å². The Morgan fingerprint density at radius 1 is 1.20 bits per heavy atom. The minimum atomic E-state index is -3.05. The van der Waals surface area contributed by atoms with Gasteiger partial charge >= 0.3 is 18.2 Å². The summed E-state index contributed by atoms with van der Waals surface area (Å²) in [6.07, 6.45) is -1.31. The molecule has 1 atom stereocenters. The van der Waals surface area contributed by atoms with E-state index in [0.29, 0.717) is 24.1 Å². The van der Waals surface area contributed by atoms with Gasteiger partial charge in [0.05, 0.1) is 36.7 Å². The van der Waals surface area contributed by atoms with Crippen molar-refractivity contribution in [3.8, 4) is 0 Å². The maximum atomic E-state index is 14.8. The summed E-state index contributed by atoms with van der Waals surface area (Å²) in [6, 6.07) is 4.40. The molecule has 0 unspecified atom stereocenters. The second-order valence-corrected chi connectivity index (χ2v) is 12.2.